The SMILES string of the molecule is CNC(=O)[C@H]1CN(C(=O)C2(Cc3ccccc3F)CCN(C)CC2)CCN1Cc1ccccc1. The van der Waals surface area contributed by atoms with Crippen molar-refractivity contribution in [2.45, 2.75) is 31.8 Å². The molecule has 0 radical (unpaired) electrons. The van der Waals surface area contributed by atoms with Gasteiger partial charge in [0.15, 0.2) is 0 Å². The summed E-state index contributed by atoms with van der Waals surface area (Å²) in [5.41, 5.74) is 1.08. The number of benzene rings is 2. The van der Waals surface area contributed by atoms with Gasteiger partial charge in [-0.15, -0.1) is 0 Å². The van der Waals surface area contributed by atoms with Crippen molar-refractivity contribution in [3.05, 3.63) is 71.5 Å². The van der Waals surface area contributed by atoms with Crippen LogP contribution in [0.3, 0.4) is 0 Å². The third-order valence-corrected chi connectivity index (χ3v) is 7.44. The Hall–Kier alpha value is -2.77. The highest BCUT2D eigenvalue weighted by atomic mass is 19.1. The zero-order chi connectivity index (χ0) is 24.1. The van der Waals surface area contributed by atoms with E-state index in [2.05, 4.69) is 34.3 Å². The maximum absolute atomic E-state index is 14.6. The second-order valence-electron chi connectivity index (χ2n) is 9.69. The van der Waals surface area contributed by atoms with Gasteiger partial charge in [-0.3, -0.25) is 14.5 Å². The number of nitrogens with one attached hydrogen (secondary N) is 1. The van der Waals surface area contributed by atoms with E-state index in [9.17, 15) is 14.0 Å². The average molecular weight is 467 g/mol. The molecule has 2 aliphatic heterocycles. The minimum atomic E-state index is -0.649. The Kier molecular flexibility index (Phi) is 7.63. The fourth-order valence-electron chi connectivity index (χ4n) is 5.28. The van der Waals surface area contributed by atoms with Crippen molar-refractivity contribution >= 4 is 11.8 Å². The van der Waals surface area contributed by atoms with Gasteiger partial charge in [-0.25, -0.2) is 4.39 Å². The molecular weight excluding hydrogens is 431 g/mol. The van der Waals surface area contributed by atoms with Crippen molar-refractivity contribution in [3.8, 4) is 0 Å². The molecule has 0 aliphatic carbocycles. The molecule has 0 unspecified atom stereocenters. The molecule has 1 atom stereocenters. The number of likely N-dealkylation sites (tertiary alicyclic amines) is 1. The molecule has 1 N–H and O–H groups in total. The normalized spacial score (nSPS) is 21.3. The summed E-state index contributed by atoms with van der Waals surface area (Å²) in [6, 6.07) is 16.4. The summed E-state index contributed by atoms with van der Waals surface area (Å²) in [4.78, 5) is 33.1. The van der Waals surface area contributed by atoms with E-state index < -0.39 is 11.5 Å². The van der Waals surface area contributed by atoms with Crippen LogP contribution in [0.15, 0.2) is 54.6 Å². The van der Waals surface area contributed by atoms with Crippen LogP contribution < -0.4 is 5.32 Å². The third kappa shape index (κ3) is 5.31. The van der Waals surface area contributed by atoms with Crippen molar-refractivity contribution in [1.29, 1.82) is 0 Å². The smallest absolute Gasteiger partial charge is 0.238 e. The Morgan fingerprint density at radius 1 is 1.00 bits per heavy atom. The number of rotatable bonds is 6. The topological polar surface area (TPSA) is 55.9 Å². The van der Waals surface area contributed by atoms with Gasteiger partial charge in [0.2, 0.25) is 11.8 Å². The Morgan fingerprint density at radius 3 is 2.35 bits per heavy atom. The fourth-order valence-corrected chi connectivity index (χ4v) is 5.28. The van der Waals surface area contributed by atoms with Crippen LogP contribution in [-0.4, -0.2) is 79.4 Å². The first-order valence-electron chi connectivity index (χ1n) is 12.1. The summed E-state index contributed by atoms with van der Waals surface area (Å²) >= 11 is 0. The highest BCUT2D eigenvalue weighted by molar-refractivity contribution is 5.86. The zero-order valence-electron chi connectivity index (χ0n) is 20.2. The van der Waals surface area contributed by atoms with Crippen LogP contribution in [0.5, 0.6) is 0 Å². The second kappa shape index (κ2) is 10.7. The molecule has 2 fully saturated rings. The fraction of sp³-hybridized carbons (Fsp3) is 0.481. The van der Waals surface area contributed by atoms with Gasteiger partial charge >= 0.3 is 0 Å². The number of hydrogen-bond donors (Lipinski definition) is 1. The van der Waals surface area contributed by atoms with E-state index in [0.29, 0.717) is 51.0 Å². The van der Waals surface area contributed by atoms with Gasteiger partial charge in [0.1, 0.15) is 11.9 Å². The van der Waals surface area contributed by atoms with E-state index in [1.54, 1.807) is 19.2 Å². The molecule has 2 amide bonds. The molecule has 4 rings (SSSR count). The van der Waals surface area contributed by atoms with Gasteiger partial charge in [0.05, 0.1) is 5.41 Å². The highest BCUT2D eigenvalue weighted by Crippen LogP contribution is 2.38. The summed E-state index contributed by atoms with van der Waals surface area (Å²) in [7, 11) is 3.70. The molecule has 2 saturated heterocycles. The van der Waals surface area contributed by atoms with Gasteiger partial charge in [0, 0.05) is 33.2 Å². The lowest BCUT2D eigenvalue weighted by Crippen LogP contribution is -2.62. The van der Waals surface area contributed by atoms with E-state index in [0.717, 1.165) is 18.7 Å². The minimum Gasteiger partial charge on any atom is -0.358 e. The van der Waals surface area contributed by atoms with E-state index in [1.165, 1.54) is 6.07 Å². The van der Waals surface area contributed by atoms with Gasteiger partial charge in [-0.05, 0) is 56.6 Å². The molecule has 2 aliphatic rings. The van der Waals surface area contributed by atoms with Crippen LogP contribution >= 0.6 is 0 Å². The molecular formula is C27H35FN4O2. The number of hydrogen-bond acceptors (Lipinski definition) is 4. The molecule has 0 saturated carbocycles. The molecule has 6 nitrogen and oxygen atoms in total. The number of carbonyl (C=O) groups is 2. The monoisotopic (exact) mass is 466 g/mol. The second-order valence-corrected chi connectivity index (χ2v) is 9.69. The number of likely N-dealkylation sites (N-methyl/N-ethyl adjacent to an activating group) is 1. The van der Waals surface area contributed by atoms with Crippen molar-refractivity contribution in [2.75, 3.05) is 46.8 Å². The Labute approximate surface area is 201 Å². The van der Waals surface area contributed by atoms with Crippen LogP contribution in [-0.2, 0) is 22.6 Å². The molecule has 7 heteroatoms. The van der Waals surface area contributed by atoms with Crippen LogP contribution in [0.1, 0.15) is 24.0 Å². The van der Waals surface area contributed by atoms with Gasteiger partial charge < -0.3 is 15.1 Å². The van der Waals surface area contributed by atoms with Crippen molar-refractivity contribution in [2.24, 2.45) is 5.41 Å². The Balaban J connectivity index is 1.55. The Morgan fingerprint density at radius 2 is 1.68 bits per heavy atom. The number of halogens is 1. The summed E-state index contributed by atoms with van der Waals surface area (Å²) in [6.45, 7) is 3.79. The molecule has 2 aromatic carbocycles. The van der Waals surface area contributed by atoms with Crippen molar-refractivity contribution in [1.82, 2.24) is 20.0 Å². The zero-order valence-corrected chi connectivity index (χ0v) is 20.2. The van der Waals surface area contributed by atoms with Crippen LogP contribution in [0.4, 0.5) is 4.39 Å². The first kappa shape index (κ1) is 24.4. The van der Waals surface area contributed by atoms with E-state index in [-0.39, 0.29) is 17.6 Å². The first-order valence-corrected chi connectivity index (χ1v) is 12.1. The van der Waals surface area contributed by atoms with E-state index in [1.807, 2.05) is 29.2 Å². The quantitative estimate of drug-likeness (QED) is 0.711. The van der Waals surface area contributed by atoms with Gasteiger partial charge in [-0.2, -0.15) is 0 Å². The maximum atomic E-state index is 14.6. The first-order chi connectivity index (χ1) is 16.4. The lowest BCUT2D eigenvalue weighted by molar-refractivity contribution is -0.150. The molecule has 2 aromatic rings. The molecule has 34 heavy (non-hydrogen) atoms. The predicted octanol–water partition coefficient (Wildman–Crippen LogP) is 2.54. The van der Waals surface area contributed by atoms with Crippen LogP contribution in [0.2, 0.25) is 0 Å². The average Bonchev–Trinajstić information content (AvgIpc) is 2.87. The van der Waals surface area contributed by atoms with Gasteiger partial charge in [0.25, 0.3) is 0 Å². The Bertz CT molecular complexity index is 991. The molecule has 0 aromatic heterocycles. The van der Waals surface area contributed by atoms with Crippen molar-refractivity contribution < 1.29 is 14.0 Å². The lowest BCUT2D eigenvalue weighted by atomic mass is 9.72. The summed E-state index contributed by atoms with van der Waals surface area (Å²) < 4.78 is 14.6. The number of piperidine rings is 1. The van der Waals surface area contributed by atoms with E-state index in [4.69, 9.17) is 0 Å². The lowest BCUT2D eigenvalue weighted by Gasteiger charge is -2.46. The summed E-state index contributed by atoms with van der Waals surface area (Å²) in [5, 5.41) is 2.78. The predicted molar refractivity (Wildman–Crippen MR) is 131 cm³/mol. The standard InChI is InChI=1S/C27H35FN4O2/c1-29-25(33)24-20-32(17-16-31(24)19-21-8-4-3-5-9-21)26(34)27(12-14-30(2)15-13-27)18-22-10-6-7-11-23(22)28/h3-11,24H,12-20H2,1-2H3,(H,29,33)/t24-/m1/s1. The van der Waals surface area contributed by atoms with Crippen LogP contribution in [0.25, 0.3) is 0 Å². The summed E-state index contributed by atoms with van der Waals surface area (Å²) in [5.74, 6) is -0.290. The minimum absolute atomic E-state index is 0.0529. The molecule has 0 spiro atoms. The molecule has 182 valence electrons. The maximum Gasteiger partial charge on any atom is 0.238 e. The summed E-state index contributed by atoms with van der Waals surface area (Å²) in [6.07, 6.45) is 1.76. The van der Waals surface area contributed by atoms with Crippen LogP contribution in [0, 0.1) is 11.2 Å². The largest absolute Gasteiger partial charge is 0.358 e. The van der Waals surface area contributed by atoms with Crippen molar-refractivity contribution in [3.63, 3.8) is 0 Å². The number of nitrogens with zero attached hydrogens (tertiary/aromatic N) is 3. The third-order valence-electron chi connectivity index (χ3n) is 7.44. The number of amides is 2. The molecule has 0 bridgehead atoms. The van der Waals surface area contributed by atoms with E-state index >= 15 is 0 Å². The van der Waals surface area contributed by atoms with Gasteiger partial charge in [-0.1, -0.05) is 48.5 Å². The molecule has 2 heterocycles. The number of piperazine rings is 1. The highest BCUT2D eigenvalue weighted by Gasteiger charge is 2.45. The number of carbonyl (C=O) groups excluding carboxylic acids is 2.